The molecule has 2 nitrogen and oxygen atoms in total. The van der Waals surface area contributed by atoms with Crippen LogP contribution in [0.1, 0.15) is 23.6 Å². The highest BCUT2D eigenvalue weighted by atomic mass is 19.4. The molecule has 1 saturated heterocycles. The Morgan fingerprint density at radius 3 is 2.80 bits per heavy atom. The molecule has 1 atom stereocenters. The van der Waals surface area contributed by atoms with E-state index < -0.39 is 11.7 Å². The molecule has 1 aliphatic rings. The minimum absolute atomic E-state index is 0.108. The summed E-state index contributed by atoms with van der Waals surface area (Å²) in [4.78, 5) is 3.87. The first-order valence-corrected chi connectivity index (χ1v) is 4.82. The van der Waals surface area contributed by atoms with E-state index in [0.29, 0.717) is 6.54 Å². The highest BCUT2D eigenvalue weighted by molar-refractivity contribution is 5.27. The summed E-state index contributed by atoms with van der Waals surface area (Å²) < 4.78 is 37.9. The maximum Gasteiger partial charge on any atom is 0.418 e. The average molecular weight is 216 g/mol. The Morgan fingerprint density at radius 2 is 2.20 bits per heavy atom. The van der Waals surface area contributed by atoms with Crippen molar-refractivity contribution in [3.8, 4) is 0 Å². The van der Waals surface area contributed by atoms with Crippen LogP contribution in [-0.2, 0) is 6.18 Å². The van der Waals surface area contributed by atoms with Crippen LogP contribution >= 0.6 is 0 Å². The number of hydrogen-bond acceptors (Lipinski definition) is 2. The van der Waals surface area contributed by atoms with Crippen molar-refractivity contribution in [2.24, 2.45) is 0 Å². The van der Waals surface area contributed by atoms with Gasteiger partial charge in [0.2, 0.25) is 0 Å². The van der Waals surface area contributed by atoms with Crippen molar-refractivity contribution in [3.63, 3.8) is 0 Å². The van der Waals surface area contributed by atoms with Gasteiger partial charge in [0, 0.05) is 18.7 Å². The van der Waals surface area contributed by atoms with Crippen molar-refractivity contribution in [1.29, 1.82) is 0 Å². The van der Waals surface area contributed by atoms with Crippen molar-refractivity contribution >= 4 is 0 Å². The van der Waals surface area contributed by atoms with Crippen molar-refractivity contribution in [1.82, 2.24) is 10.3 Å². The Bertz CT molecular complexity index is 343. The van der Waals surface area contributed by atoms with E-state index in [1.807, 2.05) is 0 Å². The third kappa shape index (κ3) is 2.12. The van der Waals surface area contributed by atoms with Gasteiger partial charge in [-0.15, -0.1) is 0 Å². The van der Waals surface area contributed by atoms with Crippen LogP contribution in [0.4, 0.5) is 13.2 Å². The van der Waals surface area contributed by atoms with Crippen LogP contribution in [0.25, 0.3) is 0 Å². The van der Waals surface area contributed by atoms with Gasteiger partial charge in [-0.05, 0) is 25.1 Å². The Labute approximate surface area is 85.5 Å². The molecule has 1 fully saturated rings. The molecule has 15 heavy (non-hydrogen) atoms. The van der Waals surface area contributed by atoms with E-state index in [1.165, 1.54) is 12.3 Å². The van der Waals surface area contributed by atoms with Gasteiger partial charge in [0.15, 0.2) is 0 Å². The Hall–Kier alpha value is -1.10. The summed E-state index contributed by atoms with van der Waals surface area (Å²) in [6.07, 6.45) is -2.16. The SMILES string of the molecule is FC(F)(F)c1cccnc1[C@@H]1CCNC1. The predicted molar refractivity (Wildman–Crippen MR) is 49.5 cm³/mol. The molecular formula is C10H11F3N2. The van der Waals surface area contributed by atoms with Crippen LogP contribution in [0.2, 0.25) is 0 Å². The minimum atomic E-state index is -4.30. The first kappa shape index (κ1) is 10.4. The zero-order chi connectivity index (χ0) is 10.9. The first-order valence-electron chi connectivity index (χ1n) is 4.82. The summed E-state index contributed by atoms with van der Waals surface area (Å²) in [5.74, 6) is -0.108. The second kappa shape index (κ2) is 3.81. The van der Waals surface area contributed by atoms with Crippen molar-refractivity contribution in [2.75, 3.05) is 13.1 Å². The number of rotatable bonds is 1. The van der Waals surface area contributed by atoms with Gasteiger partial charge >= 0.3 is 6.18 Å². The smallest absolute Gasteiger partial charge is 0.316 e. The zero-order valence-electron chi connectivity index (χ0n) is 8.01. The van der Waals surface area contributed by atoms with E-state index in [-0.39, 0.29) is 11.6 Å². The predicted octanol–water partition coefficient (Wildman–Crippen LogP) is 2.18. The van der Waals surface area contributed by atoms with Crippen molar-refractivity contribution in [3.05, 3.63) is 29.6 Å². The lowest BCUT2D eigenvalue weighted by Gasteiger charge is -2.15. The Balaban J connectivity index is 2.37. The number of pyridine rings is 1. The maximum absolute atomic E-state index is 12.6. The number of nitrogens with zero attached hydrogens (tertiary/aromatic N) is 1. The number of alkyl halides is 3. The number of hydrogen-bond donors (Lipinski definition) is 1. The Morgan fingerprint density at radius 1 is 1.40 bits per heavy atom. The van der Waals surface area contributed by atoms with E-state index in [1.54, 1.807) is 0 Å². The van der Waals surface area contributed by atoms with Gasteiger partial charge in [-0.3, -0.25) is 4.98 Å². The maximum atomic E-state index is 12.6. The van der Waals surface area contributed by atoms with Crippen LogP contribution in [-0.4, -0.2) is 18.1 Å². The first-order chi connectivity index (χ1) is 7.09. The van der Waals surface area contributed by atoms with Gasteiger partial charge in [-0.1, -0.05) is 0 Å². The molecule has 0 spiro atoms. The van der Waals surface area contributed by atoms with Gasteiger partial charge in [0.1, 0.15) is 0 Å². The summed E-state index contributed by atoms with van der Waals surface area (Å²) >= 11 is 0. The number of halogens is 3. The molecule has 1 aliphatic heterocycles. The fourth-order valence-electron chi connectivity index (χ4n) is 1.87. The molecule has 0 bridgehead atoms. The van der Waals surface area contributed by atoms with Crippen LogP contribution in [0.3, 0.4) is 0 Å². The van der Waals surface area contributed by atoms with Crippen LogP contribution < -0.4 is 5.32 Å². The molecule has 5 heteroatoms. The van der Waals surface area contributed by atoms with Crippen LogP contribution in [0.15, 0.2) is 18.3 Å². The molecule has 1 aromatic rings. The summed E-state index contributed by atoms with van der Waals surface area (Å²) in [5.41, 5.74) is -0.422. The number of nitrogens with one attached hydrogen (secondary N) is 1. The second-order valence-electron chi connectivity index (χ2n) is 3.62. The lowest BCUT2D eigenvalue weighted by molar-refractivity contribution is -0.138. The van der Waals surface area contributed by atoms with Crippen LogP contribution in [0.5, 0.6) is 0 Å². The largest absolute Gasteiger partial charge is 0.418 e. The molecule has 0 radical (unpaired) electrons. The topological polar surface area (TPSA) is 24.9 Å². The Kier molecular flexibility index (Phi) is 2.65. The summed E-state index contributed by atoms with van der Waals surface area (Å²) in [6, 6.07) is 2.43. The molecule has 2 rings (SSSR count). The molecule has 1 aromatic heterocycles. The van der Waals surface area contributed by atoms with Gasteiger partial charge in [-0.2, -0.15) is 13.2 Å². The summed E-state index contributed by atoms with van der Waals surface area (Å²) in [7, 11) is 0. The molecule has 0 aliphatic carbocycles. The van der Waals surface area contributed by atoms with Gasteiger partial charge < -0.3 is 5.32 Å². The minimum Gasteiger partial charge on any atom is -0.316 e. The van der Waals surface area contributed by atoms with Crippen molar-refractivity contribution < 1.29 is 13.2 Å². The molecule has 0 aromatic carbocycles. The van der Waals surface area contributed by atoms with Gasteiger partial charge in [0.05, 0.1) is 11.3 Å². The summed E-state index contributed by atoms with van der Waals surface area (Å²) in [6.45, 7) is 1.35. The highest BCUT2D eigenvalue weighted by Gasteiger charge is 2.36. The molecule has 82 valence electrons. The highest BCUT2D eigenvalue weighted by Crippen LogP contribution is 2.35. The van der Waals surface area contributed by atoms with E-state index in [2.05, 4.69) is 10.3 Å². The molecule has 1 N–H and O–H groups in total. The quantitative estimate of drug-likeness (QED) is 0.778. The molecule has 2 heterocycles. The average Bonchev–Trinajstić information content (AvgIpc) is 2.69. The molecule has 0 amide bonds. The number of aromatic nitrogens is 1. The molecule has 0 saturated carbocycles. The molecule has 0 unspecified atom stereocenters. The monoisotopic (exact) mass is 216 g/mol. The fraction of sp³-hybridized carbons (Fsp3) is 0.500. The van der Waals surface area contributed by atoms with E-state index in [9.17, 15) is 13.2 Å². The molecular weight excluding hydrogens is 205 g/mol. The van der Waals surface area contributed by atoms with Crippen LogP contribution in [0, 0.1) is 0 Å². The standard InChI is InChI=1S/C10H11F3N2/c11-10(12,13)8-2-1-4-15-9(8)7-3-5-14-6-7/h1-2,4,7,14H,3,5-6H2/t7-/m1/s1. The third-order valence-corrected chi connectivity index (χ3v) is 2.59. The van der Waals surface area contributed by atoms with Crippen molar-refractivity contribution in [2.45, 2.75) is 18.5 Å². The van der Waals surface area contributed by atoms with E-state index in [0.717, 1.165) is 19.0 Å². The zero-order valence-corrected chi connectivity index (χ0v) is 8.01. The summed E-state index contributed by atoms with van der Waals surface area (Å²) in [5, 5.41) is 3.04. The lowest BCUT2D eigenvalue weighted by atomic mass is 9.99. The fourth-order valence-corrected chi connectivity index (χ4v) is 1.87. The normalized spacial score (nSPS) is 21.9. The van der Waals surface area contributed by atoms with E-state index in [4.69, 9.17) is 0 Å². The lowest BCUT2D eigenvalue weighted by Crippen LogP contribution is -2.15. The third-order valence-electron chi connectivity index (χ3n) is 2.59. The van der Waals surface area contributed by atoms with Gasteiger partial charge in [0.25, 0.3) is 0 Å². The second-order valence-corrected chi connectivity index (χ2v) is 3.62. The van der Waals surface area contributed by atoms with E-state index >= 15 is 0 Å². The van der Waals surface area contributed by atoms with Gasteiger partial charge in [-0.25, -0.2) is 0 Å².